The maximum Gasteiger partial charge on any atom is 0.153 e. The minimum Gasteiger partial charge on any atom is -0.380 e. The van der Waals surface area contributed by atoms with Crippen molar-refractivity contribution in [3.8, 4) is 5.82 Å². The van der Waals surface area contributed by atoms with Crippen LogP contribution in [0.1, 0.15) is 18.9 Å². The van der Waals surface area contributed by atoms with Crippen LogP contribution in [0.5, 0.6) is 0 Å². The van der Waals surface area contributed by atoms with Crippen LogP contribution in [-0.2, 0) is 13.1 Å². The third-order valence-electron chi connectivity index (χ3n) is 3.12. The minimum absolute atomic E-state index is 0.743. The lowest BCUT2D eigenvalue weighted by molar-refractivity contribution is 0.602. The molecule has 3 heterocycles. The SMILES string of the molecule is CCCn1cc(CNc2ccc(-n3cccn3)nc2)cn1. The molecule has 0 aliphatic carbocycles. The van der Waals surface area contributed by atoms with Crippen LogP contribution in [0.2, 0.25) is 0 Å². The average Bonchev–Trinajstić information content (AvgIpc) is 3.18. The standard InChI is InChI=1S/C15H18N6/c1-2-7-20-12-13(10-19-20)9-16-14-4-5-15(17-11-14)21-8-3-6-18-21/h3-6,8,10-12,16H,2,7,9H2,1H3. The van der Waals surface area contributed by atoms with E-state index < -0.39 is 0 Å². The molecule has 0 aromatic carbocycles. The van der Waals surface area contributed by atoms with Gasteiger partial charge >= 0.3 is 0 Å². The van der Waals surface area contributed by atoms with Gasteiger partial charge in [-0.3, -0.25) is 4.68 Å². The molecule has 0 amide bonds. The van der Waals surface area contributed by atoms with Crippen molar-refractivity contribution in [1.82, 2.24) is 24.5 Å². The summed E-state index contributed by atoms with van der Waals surface area (Å²) in [6, 6.07) is 5.82. The number of aromatic nitrogens is 5. The molecule has 6 nitrogen and oxygen atoms in total. The predicted molar refractivity (Wildman–Crippen MR) is 81.2 cm³/mol. The molecular formula is C15H18N6. The summed E-state index contributed by atoms with van der Waals surface area (Å²) in [6.07, 6.45) is 10.5. The minimum atomic E-state index is 0.743. The van der Waals surface area contributed by atoms with Crippen LogP contribution < -0.4 is 5.32 Å². The largest absolute Gasteiger partial charge is 0.380 e. The first kappa shape index (κ1) is 13.4. The third-order valence-corrected chi connectivity index (χ3v) is 3.12. The fourth-order valence-electron chi connectivity index (χ4n) is 2.08. The number of hydrogen-bond acceptors (Lipinski definition) is 4. The molecule has 0 aliphatic rings. The van der Waals surface area contributed by atoms with Gasteiger partial charge < -0.3 is 5.32 Å². The highest BCUT2D eigenvalue weighted by atomic mass is 15.3. The van der Waals surface area contributed by atoms with Crippen molar-refractivity contribution in [2.45, 2.75) is 26.4 Å². The predicted octanol–water partition coefficient (Wildman–Crippen LogP) is 2.49. The highest BCUT2D eigenvalue weighted by Gasteiger charge is 2.00. The van der Waals surface area contributed by atoms with Crippen molar-refractivity contribution in [2.24, 2.45) is 0 Å². The fourth-order valence-corrected chi connectivity index (χ4v) is 2.08. The van der Waals surface area contributed by atoms with Crippen LogP contribution in [0.4, 0.5) is 5.69 Å². The van der Waals surface area contributed by atoms with Crippen molar-refractivity contribution in [1.29, 1.82) is 0 Å². The third kappa shape index (κ3) is 3.28. The lowest BCUT2D eigenvalue weighted by Gasteiger charge is -2.05. The van der Waals surface area contributed by atoms with Crippen molar-refractivity contribution < 1.29 is 0 Å². The van der Waals surface area contributed by atoms with Gasteiger partial charge in [-0.2, -0.15) is 10.2 Å². The molecule has 21 heavy (non-hydrogen) atoms. The zero-order chi connectivity index (χ0) is 14.5. The number of nitrogens with one attached hydrogen (secondary N) is 1. The Morgan fingerprint density at radius 1 is 1.19 bits per heavy atom. The van der Waals surface area contributed by atoms with E-state index in [1.54, 1.807) is 10.9 Å². The molecule has 3 rings (SSSR count). The van der Waals surface area contributed by atoms with E-state index in [1.165, 1.54) is 5.56 Å². The van der Waals surface area contributed by atoms with Crippen LogP contribution in [-0.4, -0.2) is 24.5 Å². The van der Waals surface area contributed by atoms with Gasteiger partial charge in [0.25, 0.3) is 0 Å². The van der Waals surface area contributed by atoms with E-state index in [9.17, 15) is 0 Å². The molecule has 0 spiro atoms. The molecule has 0 bridgehead atoms. The Labute approximate surface area is 123 Å². The Hall–Kier alpha value is -2.63. The lowest BCUT2D eigenvalue weighted by atomic mass is 10.3. The van der Waals surface area contributed by atoms with Crippen LogP contribution >= 0.6 is 0 Å². The van der Waals surface area contributed by atoms with Gasteiger partial charge in [-0.25, -0.2) is 9.67 Å². The number of pyridine rings is 1. The first-order chi connectivity index (χ1) is 10.3. The molecular weight excluding hydrogens is 264 g/mol. The van der Waals surface area contributed by atoms with E-state index in [2.05, 4.69) is 33.6 Å². The summed E-state index contributed by atoms with van der Waals surface area (Å²) in [5.74, 6) is 0.807. The van der Waals surface area contributed by atoms with Crippen LogP contribution in [0, 0.1) is 0 Å². The maximum atomic E-state index is 4.39. The highest BCUT2D eigenvalue weighted by Crippen LogP contribution is 2.10. The number of anilines is 1. The van der Waals surface area contributed by atoms with E-state index >= 15 is 0 Å². The maximum absolute atomic E-state index is 4.39. The average molecular weight is 282 g/mol. The van der Waals surface area contributed by atoms with Gasteiger partial charge in [0.05, 0.1) is 18.1 Å². The second kappa shape index (κ2) is 6.21. The summed E-state index contributed by atoms with van der Waals surface area (Å²) in [7, 11) is 0. The molecule has 0 saturated carbocycles. The molecule has 3 aromatic heterocycles. The fraction of sp³-hybridized carbons (Fsp3) is 0.267. The molecule has 0 saturated heterocycles. The van der Waals surface area contributed by atoms with E-state index in [4.69, 9.17) is 0 Å². The van der Waals surface area contributed by atoms with E-state index in [0.717, 1.165) is 31.0 Å². The summed E-state index contributed by atoms with van der Waals surface area (Å²) in [5.41, 5.74) is 2.15. The zero-order valence-electron chi connectivity index (χ0n) is 12.0. The Kier molecular flexibility index (Phi) is 3.95. The summed E-state index contributed by atoms with van der Waals surface area (Å²) in [4.78, 5) is 4.39. The monoisotopic (exact) mass is 282 g/mol. The molecule has 3 aromatic rings. The molecule has 1 N–H and O–H groups in total. The zero-order valence-corrected chi connectivity index (χ0v) is 12.0. The Morgan fingerprint density at radius 2 is 2.14 bits per heavy atom. The van der Waals surface area contributed by atoms with Gasteiger partial charge in [0.1, 0.15) is 0 Å². The van der Waals surface area contributed by atoms with Gasteiger partial charge in [-0.05, 0) is 24.6 Å². The number of rotatable bonds is 6. The Bertz CT molecular complexity index is 669. The van der Waals surface area contributed by atoms with Crippen molar-refractivity contribution in [3.05, 3.63) is 54.7 Å². The van der Waals surface area contributed by atoms with E-state index in [-0.39, 0.29) is 0 Å². The van der Waals surface area contributed by atoms with Crippen LogP contribution in [0.15, 0.2) is 49.2 Å². The molecule has 0 fully saturated rings. The normalized spacial score (nSPS) is 10.7. The molecule has 6 heteroatoms. The smallest absolute Gasteiger partial charge is 0.153 e. The Morgan fingerprint density at radius 3 is 2.86 bits per heavy atom. The van der Waals surface area contributed by atoms with Gasteiger partial charge in [0, 0.05) is 37.2 Å². The summed E-state index contributed by atoms with van der Waals surface area (Å²) in [6.45, 7) is 3.85. The molecule has 108 valence electrons. The van der Waals surface area contributed by atoms with Gasteiger partial charge in [-0.1, -0.05) is 6.92 Å². The van der Waals surface area contributed by atoms with Gasteiger partial charge in [0.15, 0.2) is 5.82 Å². The molecule has 0 aliphatic heterocycles. The first-order valence-electron chi connectivity index (χ1n) is 7.06. The van der Waals surface area contributed by atoms with E-state index in [0.29, 0.717) is 0 Å². The second-order valence-electron chi connectivity index (χ2n) is 4.82. The number of aryl methyl sites for hydroxylation is 1. The van der Waals surface area contributed by atoms with Crippen molar-refractivity contribution in [2.75, 3.05) is 5.32 Å². The van der Waals surface area contributed by atoms with Crippen LogP contribution in [0.25, 0.3) is 5.82 Å². The van der Waals surface area contributed by atoms with Crippen molar-refractivity contribution in [3.63, 3.8) is 0 Å². The van der Waals surface area contributed by atoms with Crippen LogP contribution in [0.3, 0.4) is 0 Å². The lowest BCUT2D eigenvalue weighted by Crippen LogP contribution is -2.01. The van der Waals surface area contributed by atoms with Gasteiger partial charge in [-0.15, -0.1) is 0 Å². The number of hydrogen-bond donors (Lipinski definition) is 1. The quantitative estimate of drug-likeness (QED) is 0.754. The highest BCUT2D eigenvalue weighted by molar-refractivity contribution is 5.43. The molecule has 0 unspecified atom stereocenters. The topological polar surface area (TPSA) is 60.6 Å². The Balaban J connectivity index is 1.60. The van der Waals surface area contributed by atoms with Crippen molar-refractivity contribution >= 4 is 5.69 Å². The van der Waals surface area contributed by atoms with Gasteiger partial charge in [0.2, 0.25) is 0 Å². The molecule has 0 radical (unpaired) electrons. The summed E-state index contributed by atoms with van der Waals surface area (Å²) in [5, 5.41) is 11.8. The second-order valence-corrected chi connectivity index (χ2v) is 4.82. The summed E-state index contributed by atoms with van der Waals surface area (Å²) < 4.78 is 3.70. The first-order valence-corrected chi connectivity index (χ1v) is 7.06. The summed E-state index contributed by atoms with van der Waals surface area (Å²) >= 11 is 0. The number of nitrogens with zero attached hydrogens (tertiary/aromatic N) is 5. The van der Waals surface area contributed by atoms with E-state index in [1.807, 2.05) is 41.5 Å². The molecule has 0 atom stereocenters.